The van der Waals surface area contributed by atoms with Gasteiger partial charge in [0.25, 0.3) is 11.6 Å². The molecule has 0 saturated carbocycles. The number of hydrogen-bond donors (Lipinski definition) is 1. The summed E-state index contributed by atoms with van der Waals surface area (Å²) in [6.45, 7) is 2.26. The van der Waals surface area contributed by atoms with E-state index >= 15 is 0 Å². The molecule has 0 radical (unpaired) electrons. The summed E-state index contributed by atoms with van der Waals surface area (Å²) < 4.78 is 0. The molecule has 0 aromatic heterocycles. The number of amides is 1. The summed E-state index contributed by atoms with van der Waals surface area (Å²) in [6, 6.07) is 12.0. The molecule has 2 aromatic rings. The number of benzene rings is 2. The van der Waals surface area contributed by atoms with E-state index in [1.165, 1.54) is 40.9 Å². The van der Waals surface area contributed by atoms with Crippen molar-refractivity contribution < 1.29 is 19.6 Å². The van der Waals surface area contributed by atoms with Crippen LogP contribution < -0.4 is 0 Å². The summed E-state index contributed by atoms with van der Waals surface area (Å²) in [5.41, 5.74) is 1.35. The van der Waals surface area contributed by atoms with Gasteiger partial charge in [-0.3, -0.25) is 19.8 Å². The number of thioether (sulfide) groups is 1. The second-order valence-corrected chi connectivity index (χ2v) is 6.76. The third kappa shape index (κ3) is 4.09. The second-order valence-electron chi connectivity index (χ2n) is 5.76. The molecular formula is C19H15N3O5S. The van der Waals surface area contributed by atoms with Gasteiger partial charge in [-0.05, 0) is 66.7 Å². The molecule has 1 aliphatic rings. The normalized spacial score (nSPS) is 16.8. The van der Waals surface area contributed by atoms with E-state index in [1.807, 2.05) is 6.92 Å². The zero-order chi connectivity index (χ0) is 20.3. The molecule has 1 saturated heterocycles. The Kier molecular flexibility index (Phi) is 5.55. The van der Waals surface area contributed by atoms with Crippen molar-refractivity contribution in [3.05, 3.63) is 74.7 Å². The highest BCUT2D eigenvalue weighted by Crippen LogP contribution is 2.34. The molecule has 1 fully saturated rings. The van der Waals surface area contributed by atoms with Crippen molar-refractivity contribution >= 4 is 46.3 Å². The maximum absolute atomic E-state index is 12.6. The van der Waals surface area contributed by atoms with Crippen molar-refractivity contribution in [1.82, 2.24) is 4.90 Å². The van der Waals surface area contributed by atoms with Crippen LogP contribution in [-0.4, -0.2) is 38.5 Å². The van der Waals surface area contributed by atoms with Crippen LogP contribution in [0.5, 0.6) is 0 Å². The molecule has 28 heavy (non-hydrogen) atoms. The van der Waals surface area contributed by atoms with Crippen molar-refractivity contribution in [1.29, 1.82) is 0 Å². The molecular weight excluding hydrogens is 382 g/mol. The number of rotatable bonds is 5. The van der Waals surface area contributed by atoms with Crippen LogP contribution in [0.15, 0.2) is 58.4 Å². The zero-order valence-corrected chi connectivity index (χ0v) is 15.5. The molecule has 0 unspecified atom stereocenters. The number of carboxylic acids is 1. The van der Waals surface area contributed by atoms with Gasteiger partial charge < -0.3 is 5.11 Å². The minimum atomic E-state index is -1.02. The van der Waals surface area contributed by atoms with Crippen LogP contribution in [0.25, 0.3) is 6.08 Å². The van der Waals surface area contributed by atoms with E-state index in [2.05, 4.69) is 4.99 Å². The van der Waals surface area contributed by atoms with Gasteiger partial charge in [-0.25, -0.2) is 9.79 Å². The SMILES string of the molecule is CCN1C(=O)/C(=C\c2ccc([N+](=O)[O-])cc2)SC1=Nc1ccc(C(=O)O)cc1. The predicted octanol–water partition coefficient (Wildman–Crippen LogP) is 3.92. The fraction of sp³-hybridized carbons (Fsp3) is 0.105. The Bertz CT molecular complexity index is 997. The van der Waals surface area contributed by atoms with Crippen LogP contribution >= 0.6 is 11.8 Å². The molecule has 2 aromatic carbocycles. The summed E-state index contributed by atoms with van der Waals surface area (Å²) >= 11 is 1.20. The average Bonchev–Trinajstić information content (AvgIpc) is 2.96. The van der Waals surface area contributed by atoms with Crippen molar-refractivity contribution in [2.45, 2.75) is 6.92 Å². The summed E-state index contributed by atoms with van der Waals surface area (Å²) in [7, 11) is 0. The quantitative estimate of drug-likeness (QED) is 0.465. The minimum Gasteiger partial charge on any atom is -0.478 e. The van der Waals surface area contributed by atoms with Gasteiger partial charge in [0.05, 0.1) is 21.1 Å². The van der Waals surface area contributed by atoms with Gasteiger partial charge in [-0.2, -0.15) is 0 Å². The van der Waals surface area contributed by atoms with Gasteiger partial charge in [0, 0.05) is 18.7 Å². The number of nitro groups is 1. The first-order valence-corrected chi connectivity index (χ1v) is 9.08. The predicted molar refractivity (Wildman–Crippen MR) is 107 cm³/mol. The Morgan fingerprint density at radius 2 is 1.86 bits per heavy atom. The first-order chi connectivity index (χ1) is 13.4. The van der Waals surface area contributed by atoms with Crippen molar-refractivity contribution in [3.8, 4) is 0 Å². The first-order valence-electron chi connectivity index (χ1n) is 8.27. The smallest absolute Gasteiger partial charge is 0.335 e. The van der Waals surface area contributed by atoms with Crippen LogP contribution in [0.1, 0.15) is 22.8 Å². The molecule has 1 aliphatic heterocycles. The molecule has 1 amide bonds. The van der Waals surface area contributed by atoms with Gasteiger partial charge in [0.1, 0.15) is 0 Å². The Morgan fingerprint density at radius 1 is 1.21 bits per heavy atom. The number of carbonyl (C=O) groups is 2. The number of carboxylic acid groups (broad SMARTS) is 1. The molecule has 1 heterocycles. The van der Waals surface area contributed by atoms with Crippen LogP contribution in [0.4, 0.5) is 11.4 Å². The third-order valence-electron chi connectivity index (χ3n) is 3.94. The fourth-order valence-electron chi connectivity index (χ4n) is 2.50. The van der Waals surface area contributed by atoms with Crippen molar-refractivity contribution in [2.75, 3.05) is 6.54 Å². The van der Waals surface area contributed by atoms with Gasteiger partial charge in [0.2, 0.25) is 0 Å². The first kappa shape index (κ1) is 19.3. The second kappa shape index (κ2) is 8.05. The summed E-state index contributed by atoms with van der Waals surface area (Å²) in [6.07, 6.45) is 1.66. The van der Waals surface area contributed by atoms with E-state index < -0.39 is 10.9 Å². The van der Waals surface area contributed by atoms with E-state index in [9.17, 15) is 19.7 Å². The molecule has 8 nitrogen and oxygen atoms in total. The number of nitro benzene ring substituents is 1. The number of aromatic carboxylic acids is 1. The van der Waals surface area contributed by atoms with Crippen LogP contribution in [0, 0.1) is 10.1 Å². The Balaban J connectivity index is 1.87. The number of nitrogens with zero attached hydrogens (tertiary/aromatic N) is 3. The van der Waals surface area contributed by atoms with E-state index in [1.54, 1.807) is 30.3 Å². The molecule has 1 N–H and O–H groups in total. The molecule has 9 heteroatoms. The molecule has 0 aliphatic carbocycles. The largest absolute Gasteiger partial charge is 0.478 e. The number of non-ortho nitro benzene ring substituents is 1. The Labute approximate surface area is 164 Å². The monoisotopic (exact) mass is 397 g/mol. The molecule has 3 rings (SSSR count). The number of amidine groups is 1. The number of aliphatic imine (C=N–C) groups is 1. The van der Waals surface area contributed by atoms with E-state index in [4.69, 9.17) is 5.11 Å². The lowest BCUT2D eigenvalue weighted by molar-refractivity contribution is -0.384. The lowest BCUT2D eigenvalue weighted by Crippen LogP contribution is -2.28. The number of carbonyl (C=O) groups excluding carboxylic acids is 1. The summed E-state index contributed by atoms with van der Waals surface area (Å²) in [5.74, 6) is -1.22. The third-order valence-corrected chi connectivity index (χ3v) is 4.95. The summed E-state index contributed by atoms with van der Waals surface area (Å²) in [5, 5.41) is 20.2. The molecule has 142 valence electrons. The highest BCUT2D eigenvalue weighted by atomic mass is 32.2. The standard InChI is InChI=1S/C19H15N3O5S/c1-2-21-17(23)16(11-12-3-9-15(10-4-12)22(26)27)28-19(21)20-14-7-5-13(6-8-14)18(24)25/h3-11H,2H2,1H3,(H,24,25)/b16-11+,20-19?. The maximum atomic E-state index is 12.6. The van der Waals surface area contributed by atoms with E-state index in [0.717, 1.165) is 0 Å². The van der Waals surface area contributed by atoms with E-state index in [0.29, 0.717) is 27.9 Å². The molecule has 0 spiro atoms. The number of likely N-dealkylation sites (N-methyl/N-ethyl adjacent to an activating group) is 1. The van der Waals surface area contributed by atoms with Gasteiger partial charge >= 0.3 is 5.97 Å². The van der Waals surface area contributed by atoms with Crippen LogP contribution in [0.2, 0.25) is 0 Å². The number of hydrogen-bond acceptors (Lipinski definition) is 6. The summed E-state index contributed by atoms with van der Waals surface area (Å²) in [4.78, 5) is 40.3. The maximum Gasteiger partial charge on any atom is 0.335 e. The van der Waals surface area contributed by atoms with Crippen molar-refractivity contribution in [3.63, 3.8) is 0 Å². The highest BCUT2D eigenvalue weighted by molar-refractivity contribution is 8.18. The molecule has 0 atom stereocenters. The Morgan fingerprint density at radius 3 is 2.39 bits per heavy atom. The fourth-order valence-corrected chi connectivity index (χ4v) is 3.57. The highest BCUT2D eigenvalue weighted by Gasteiger charge is 2.32. The lowest BCUT2D eigenvalue weighted by atomic mass is 10.2. The van der Waals surface area contributed by atoms with Crippen molar-refractivity contribution in [2.24, 2.45) is 4.99 Å². The average molecular weight is 397 g/mol. The minimum absolute atomic E-state index is 0.0187. The van der Waals surface area contributed by atoms with E-state index in [-0.39, 0.29) is 17.2 Å². The van der Waals surface area contributed by atoms with Gasteiger partial charge in [-0.15, -0.1) is 0 Å². The Hall–Kier alpha value is -3.46. The zero-order valence-electron chi connectivity index (χ0n) is 14.7. The lowest BCUT2D eigenvalue weighted by Gasteiger charge is -2.12. The van der Waals surface area contributed by atoms with Crippen LogP contribution in [-0.2, 0) is 4.79 Å². The van der Waals surface area contributed by atoms with Crippen LogP contribution in [0.3, 0.4) is 0 Å². The van der Waals surface area contributed by atoms with Gasteiger partial charge in [-0.1, -0.05) is 0 Å². The molecule has 0 bridgehead atoms. The van der Waals surface area contributed by atoms with Gasteiger partial charge in [0.15, 0.2) is 5.17 Å². The topological polar surface area (TPSA) is 113 Å².